The van der Waals surface area contributed by atoms with Crippen LogP contribution in [0.4, 0.5) is 0 Å². The van der Waals surface area contributed by atoms with Gasteiger partial charge in [0, 0.05) is 31.7 Å². The van der Waals surface area contributed by atoms with Gasteiger partial charge in [-0.1, -0.05) is 55.3 Å². The van der Waals surface area contributed by atoms with Gasteiger partial charge >= 0.3 is 0 Å². The number of nitrogens with zero attached hydrogens (tertiary/aromatic N) is 2. The van der Waals surface area contributed by atoms with Crippen LogP contribution in [0, 0.1) is 12.8 Å². The number of halogens is 1. The molecule has 1 atom stereocenters. The van der Waals surface area contributed by atoms with Gasteiger partial charge in [0.1, 0.15) is 10.9 Å². The van der Waals surface area contributed by atoms with Crippen molar-refractivity contribution in [2.75, 3.05) is 26.2 Å². The highest BCUT2D eigenvalue weighted by atomic mass is 35.5. The molecule has 0 aliphatic carbocycles. The monoisotopic (exact) mass is 477 g/mol. The molecule has 0 bridgehead atoms. The van der Waals surface area contributed by atoms with Gasteiger partial charge in [-0.25, -0.2) is 8.42 Å². The number of amides is 2. The number of carbonyl (C=O) groups excluding carboxylic acids is 2. The maximum atomic E-state index is 13.2. The zero-order valence-electron chi connectivity index (χ0n) is 18.4. The Kier molecular flexibility index (Phi) is 7.59. The van der Waals surface area contributed by atoms with Gasteiger partial charge < -0.3 is 10.2 Å². The van der Waals surface area contributed by atoms with Crippen LogP contribution in [-0.4, -0.2) is 61.7 Å². The summed E-state index contributed by atoms with van der Waals surface area (Å²) in [6, 6.07) is 12.8. The predicted molar refractivity (Wildman–Crippen MR) is 124 cm³/mol. The summed E-state index contributed by atoms with van der Waals surface area (Å²) < 4.78 is 27.2. The van der Waals surface area contributed by atoms with Crippen LogP contribution in [0.2, 0.25) is 5.02 Å². The van der Waals surface area contributed by atoms with Crippen LogP contribution < -0.4 is 5.32 Å². The average Bonchev–Trinajstić information content (AvgIpc) is 2.77. The van der Waals surface area contributed by atoms with Gasteiger partial charge in [0.15, 0.2) is 0 Å². The van der Waals surface area contributed by atoms with Gasteiger partial charge in [0.05, 0.1) is 5.02 Å². The van der Waals surface area contributed by atoms with Crippen LogP contribution in [0.5, 0.6) is 0 Å². The molecule has 0 saturated carbocycles. The molecule has 1 saturated heterocycles. The van der Waals surface area contributed by atoms with Crippen LogP contribution in [0.25, 0.3) is 0 Å². The average molecular weight is 478 g/mol. The summed E-state index contributed by atoms with van der Waals surface area (Å²) in [5, 5.41) is 3.02. The third-order valence-corrected chi connectivity index (χ3v) is 7.90. The minimum absolute atomic E-state index is 0.0620. The molecule has 1 N–H and O–H groups in total. The van der Waals surface area contributed by atoms with Gasteiger partial charge in [-0.3, -0.25) is 9.59 Å². The molecular formula is C23H28ClN3O4S. The van der Waals surface area contributed by atoms with Crippen molar-refractivity contribution in [2.45, 2.75) is 31.7 Å². The van der Waals surface area contributed by atoms with Crippen molar-refractivity contribution in [1.29, 1.82) is 0 Å². The lowest BCUT2D eigenvalue weighted by Crippen LogP contribution is -2.57. The van der Waals surface area contributed by atoms with Crippen LogP contribution in [-0.2, 0) is 14.8 Å². The standard InChI is InChI=1S/C23H28ClN3O4S/c1-16(2)21(25-22(28)18-8-6-7-17(3)15-18)23(29)26-11-13-27(14-12-26)32(30,31)20-10-5-4-9-19(20)24/h4-10,15-16,21H,11-14H2,1-3H3,(H,25,28). The number of carbonyl (C=O) groups is 2. The highest BCUT2D eigenvalue weighted by Crippen LogP contribution is 2.25. The highest BCUT2D eigenvalue weighted by Gasteiger charge is 2.34. The number of hydrogen-bond donors (Lipinski definition) is 1. The predicted octanol–water partition coefficient (Wildman–Crippen LogP) is 2.94. The first-order valence-corrected chi connectivity index (χ1v) is 12.3. The van der Waals surface area contributed by atoms with Crippen LogP contribution in [0.3, 0.4) is 0 Å². The number of hydrogen-bond acceptors (Lipinski definition) is 4. The smallest absolute Gasteiger partial charge is 0.251 e. The quantitative estimate of drug-likeness (QED) is 0.693. The SMILES string of the molecule is Cc1cccc(C(=O)NC(C(=O)N2CCN(S(=O)(=O)c3ccccc3Cl)CC2)C(C)C)c1. The lowest BCUT2D eigenvalue weighted by molar-refractivity contribution is -0.135. The Hall–Kier alpha value is -2.42. The van der Waals surface area contributed by atoms with E-state index in [0.29, 0.717) is 5.56 Å². The van der Waals surface area contributed by atoms with Crippen molar-refractivity contribution in [3.05, 3.63) is 64.7 Å². The Labute approximate surface area is 194 Å². The lowest BCUT2D eigenvalue weighted by Gasteiger charge is -2.36. The molecule has 2 aromatic carbocycles. The summed E-state index contributed by atoms with van der Waals surface area (Å²) >= 11 is 6.08. The molecule has 9 heteroatoms. The lowest BCUT2D eigenvalue weighted by atomic mass is 10.0. The van der Waals surface area contributed by atoms with E-state index in [2.05, 4.69) is 5.32 Å². The van der Waals surface area contributed by atoms with Crippen LogP contribution in [0.15, 0.2) is 53.4 Å². The van der Waals surface area contributed by atoms with E-state index in [9.17, 15) is 18.0 Å². The van der Waals surface area contributed by atoms with E-state index >= 15 is 0 Å². The number of piperazine rings is 1. The minimum atomic E-state index is -3.74. The van der Waals surface area contributed by atoms with E-state index < -0.39 is 16.1 Å². The Morgan fingerprint density at radius 2 is 1.66 bits per heavy atom. The second kappa shape index (κ2) is 10.0. The summed E-state index contributed by atoms with van der Waals surface area (Å²) in [5.74, 6) is -0.641. The van der Waals surface area contributed by atoms with E-state index in [0.717, 1.165) is 5.56 Å². The minimum Gasteiger partial charge on any atom is -0.340 e. The fraction of sp³-hybridized carbons (Fsp3) is 0.391. The third kappa shape index (κ3) is 5.31. The topological polar surface area (TPSA) is 86.8 Å². The van der Waals surface area contributed by atoms with E-state index in [1.54, 1.807) is 41.3 Å². The Balaban J connectivity index is 1.67. The molecule has 0 aromatic heterocycles. The summed E-state index contributed by atoms with van der Waals surface area (Å²) in [7, 11) is -3.74. The Morgan fingerprint density at radius 3 is 2.25 bits per heavy atom. The van der Waals surface area contributed by atoms with Crippen molar-refractivity contribution in [1.82, 2.24) is 14.5 Å². The van der Waals surface area contributed by atoms with E-state index in [1.807, 2.05) is 26.8 Å². The molecule has 2 aromatic rings. The number of rotatable bonds is 6. The first-order chi connectivity index (χ1) is 15.1. The van der Waals surface area contributed by atoms with Gasteiger partial charge in [-0.05, 0) is 37.1 Å². The third-order valence-electron chi connectivity index (χ3n) is 5.50. The number of nitrogens with one attached hydrogen (secondary N) is 1. The molecule has 1 aliphatic heterocycles. The molecule has 1 fully saturated rings. The fourth-order valence-corrected chi connectivity index (χ4v) is 5.58. The van der Waals surface area contributed by atoms with E-state index in [4.69, 9.17) is 11.6 Å². The normalized spacial score (nSPS) is 16.1. The van der Waals surface area contributed by atoms with Gasteiger partial charge in [0.25, 0.3) is 5.91 Å². The summed E-state index contributed by atoms with van der Waals surface area (Å²) in [4.78, 5) is 27.5. The molecule has 1 unspecified atom stereocenters. The summed E-state index contributed by atoms with van der Waals surface area (Å²) in [5.41, 5.74) is 1.46. The van der Waals surface area contributed by atoms with Crippen LogP contribution in [0.1, 0.15) is 29.8 Å². The second-order valence-electron chi connectivity index (χ2n) is 8.22. The molecule has 1 aliphatic rings. The summed E-state index contributed by atoms with van der Waals surface area (Å²) in [6.07, 6.45) is 0. The molecule has 0 radical (unpaired) electrons. The molecule has 0 spiro atoms. The second-order valence-corrected chi connectivity index (χ2v) is 10.5. The van der Waals surface area contributed by atoms with Crippen molar-refractivity contribution in [2.24, 2.45) is 5.92 Å². The Bertz CT molecular complexity index is 1100. The molecule has 7 nitrogen and oxygen atoms in total. The zero-order chi connectivity index (χ0) is 23.5. The molecule has 172 valence electrons. The molecular weight excluding hydrogens is 450 g/mol. The molecule has 3 rings (SSSR count). The zero-order valence-corrected chi connectivity index (χ0v) is 20.0. The van der Waals surface area contributed by atoms with Crippen LogP contribution >= 0.6 is 11.6 Å². The molecule has 32 heavy (non-hydrogen) atoms. The van der Waals surface area contributed by atoms with Crippen molar-refractivity contribution >= 4 is 33.4 Å². The first-order valence-electron chi connectivity index (χ1n) is 10.5. The van der Waals surface area contributed by atoms with E-state index in [-0.39, 0.29) is 53.8 Å². The highest BCUT2D eigenvalue weighted by molar-refractivity contribution is 7.89. The van der Waals surface area contributed by atoms with E-state index in [1.165, 1.54) is 10.4 Å². The molecule has 1 heterocycles. The summed E-state index contributed by atoms with van der Waals surface area (Å²) in [6.45, 7) is 6.45. The van der Waals surface area contributed by atoms with Crippen molar-refractivity contribution in [3.63, 3.8) is 0 Å². The van der Waals surface area contributed by atoms with Crippen molar-refractivity contribution < 1.29 is 18.0 Å². The largest absolute Gasteiger partial charge is 0.340 e. The Morgan fingerprint density at radius 1 is 1.00 bits per heavy atom. The van der Waals surface area contributed by atoms with Gasteiger partial charge in [-0.2, -0.15) is 4.31 Å². The maximum absolute atomic E-state index is 13.2. The molecule has 2 amide bonds. The number of sulfonamides is 1. The number of benzene rings is 2. The first kappa shape index (κ1) is 24.2. The maximum Gasteiger partial charge on any atom is 0.251 e. The number of aryl methyl sites for hydroxylation is 1. The van der Waals surface area contributed by atoms with Gasteiger partial charge in [0.2, 0.25) is 15.9 Å². The van der Waals surface area contributed by atoms with Crippen molar-refractivity contribution in [3.8, 4) is 0 Å². The fourth-order valence-electron chi connectivity index (χ4n) is 3.66. The van der Waals surface area contributed by atoms with Gasteiger partial charge in [-0.15, -0.1) is 0 Å².